The van der Waals surface area contributed by atoms with Crippen LogP contribution in [0, 0.1) is 16.7 Å². The van der Waals surface area contributed by atoms with Gasteiger partial charge in [-0.1, -0.05) is 26.7 Å². The van der Waals surface area contributed by atoms with Crippen LogP contribution in [0.3, 0.4) is 0 Å². The van der Waals surface area contributed by atoms with Crippen molar-refractivity contribution >= 4 is 22.4 Å². The Hall–Kier alpha value is -1.41. The van der Waals surface area contributed by atoms with E-state index in [9.17, 15) is 10.1 Å². The average molecular weight is 251 g/mol. The molecule has 1 rings (SSSR count). The fourth-order valence-corrected chi connectivity index (χ4v) is 2.39. The van der Waals surface area contributed by atoms with Crippen LogP contribution in [0.1, 0.15) is 39.5 Å². The molecule has 0 aromatic carbocycles. The van der Waals surface area contributed by atoms with E-state index in [2.05, 4.69) is 16.4 Å². The van der Waals surface area contributed by atoms with Crippen molar-refractivity contribution in [2.24, 2.45) is 5.41 Å². The average Bonchev–Trinajstić information content (AvgIpc) is 2.81. The number of carbonyl (C=O) groups excluding carboxylic acids is 1. The Bertz CT molecular complexity index is 388. The summed E-state index contributed by atoms with van der Waals surface area (Å²) in [7, 11) is 0. The summed E-state index contributed by atoms with van der Waals surface area (Å²) in [6.45, 7) is 3.97. The summed E-state index contributed by atoms with van der Waals surface area (Å²) in [6.07, 6.45) is 4.45. The molecule has 4 nitrogen and oxygen atoms in total. The molecule has 1 aromatic heterocycles. The van der Waals surface area contributed by atoms with E-state index in [-0.39, 0.29) is 5.91 Å². The number of thiazole rings is 1. The molecule has 1 heterocycles. The van der Waals surface area contributed by atoms with E-state index in [1.54, 1.807) is 11.6 Å². The minimum Gasteiger partial charge on any atom is -0.301 e. The topological polar surface area (TPSA) is 65.8 Å². The first-order chi connectivity index (χ1) is 8.18. The minimum atomic E-state index is -0.908. The van der Waals surface area contributed by atoms with Crippen molar-refractivity contribution < 1.29 is 4.79 Å². The van der Waals surface area contributed by atoms with Crippen LogP contribution in [0.25, 0.3) is 0 Å². The highest BCUT2D eigenvalue weighted by Crippen LogP contribution is 2.31. The number of nitrogens with zero attached hydrogens (tertiary/aromatic N) is 2. The van der Waals surface area contributed by atoms with Gasteiger partial charge in [0, 0.05) is 11.6 Å². The lowest BCUT2D eigenvalue weighted by molar-refractivity contribution is -0.123. The number of rotatable bonds is 6. The Kier molecular flexibility index (Phi) is 5.11. The van der Waals surface area contributed by atoms with E-state index in [0.717, 1.165) is 12.8 Å². The predicted octanol–water partition coefficient (Wildman–Crippen LogP) is 3.19. The number of hydrogen-bond acceptors (Lipinski definition) is 4. The Balaban J connectivity index is 2.82. The Morgan fingerprint density at radius 1 is 1.53 bits per heavy atom. The van der Waals surface area contributed by atoms with Crippen LogP contribution < -0.4 is 5.32 Å². The maximum absolute atomic E-state index is 12.2. The maximum atomic E-state index is 12.2. The van der Waals surface area contributed by atoms with E-state index in [4.69, 9.17) is 0 Å². The molecule has 0 saturated carbocycles. The van der Waals surface area contributed by atoms with Crippen LogP contribution in [0.15, 0.2) is 11.6 Å². The zero-order valence-corrected chi connectivity index (χ0v) is 11.0. The number of nitrogens with one attached hydrogen (secondary N) is 1. The fourth-order valence-electron chi connectivity index (χ4n) is 1.87. The summed E-state index contributed by atoms with van der Waals surface area (Å²) >= 11 is 1.36. The van der Waals surface area contributed by atoms with Crippen LogP contribution in [0.4, 0.5) is 5.13 Å². The molecular formula is C12H17N3OS. The molecule has 0 spiro atoms. The maximum Gasteiger partial charge on any atom is 0.246 e. The lowest BCUT2D eigenvalue weighted by Gasteiger charge is -2.23. The highest BCUT2D eigenvalue weighted by molar-refractivity contribution is 7.13. The largest absolute Gasteiger partial charge is 0.301 e. The second-order valence-electron chi connectivity index (χ2n) is 3.99. The Morgan fingerprint density at radius 2 is 2.18 bits per heavy atom. The molecule has 92 valence electrons. The van der Waals surface area contributed by atoms with Crippen molar-refractivity contribution in [1.82, 2.24) is 4.98 Å². The summed E-state index contributed by atoms with van der Waals surface area (Å²) in [5, 5.41) is 14.4. The number of anilines is 1. The molecule has 0 bridgehead atoms. The highest BCUT2D eigenvalue weighted by atomic mass is 32.1. The summed E-state index contributed by atoms with van der Waals surface area (Å²) in [5.74, 6) is -0.223. The molecule has 0 aliphatic carbocycles. The van der Waals surface area contributed by atoms with Crippen molar-refractivity contribution in [3.63, 3.8) is 0 Å². The second-order valence-corrected chi connectivity index (χ2v) is 4.88. The second kappa shape index (κ2) is 6.36. The van der Waals surface area contributed by atoms with Gasteiger partial charge in [-0.15, -0.1) is 11.3 Å². The van der Waals surface area contributed by atoms with E-state index >= 15 is 0 Å². The molecule has 0 saturated heterocycles. The van der Waals surface area contributed by atoms with Crippen molar-refractivity contribution in [3.05, 3.63) is 11.6 Å². The van der Waals surface area contributed by atoms with Gasteiger partial charge in [0.05, 0.1) is 6.07 Å². The van der Waals surface area contributed by atoms with Gasteiger partial charge >= 0.3 is 0 Å². The number of hydrogen-bond donors (Lipinski definition) is 1. The normalized spacial score (nSPS) is 10.9. The molecule has 1 N–H and O–H groups in total. The van der Waals surface area contributed by atoms with Crippen LogP contribution >= 0.6 is 11.3 Å². The number of nitriles is 1. The van der Waals surface area contributed by atoms with Gasteiger partial charge in [-0.2, -0.15) is 5.26 Å². The quantitative estimate of drug-likeness (QED) is 0.844. The highest BCUT2D eigenvalue weighted by Gasteiger charge is 2.37. The molecule has 0 atom stereocenters. The Morgan fingerprint density at radius 3 is 2.59 bits per heavy atom. The summed E-state index contributed by atoms with van der Waals surface area (Å²) in [4.78, 5) is 16.2. The van der Waals surface area contributed by atoms with E-state index in [0.29, 0.717) is 18.0 Å². The molecule has 0 radical (unpaired) electrons. The zero-order chi connectivity index (χ0) is 12.7. The van der Waals surface area contributed by atoms with Crippen molar-refractivity contribution in [2.75, 3.05) is 5.32 Å². The Labute approximate surface area is 106 Å². The molecule has 17 heavy (non-hydrogen) atoms. The number of amides is 1. The van der Waals surface area contributed by atoms with Crippen molar-refractivity contribution in [2.45, 2.75) is 39.5 Å². The van der Waals surface area contributed by atoms with Gasteiger partial charge < -0.3 is 5.32 Å². The first kappa shape index (κ1) is 13.7. The molecular weight excluding hydrogens is 234 g/mol. The first-order valence-electron chi connectivity index (χ1n) is 5.80. The van der Waals surface area contributed by atoms with E-state index in [1.807, 2.05) is 13.8 Å². The lowest BCUT2D eigenvalue weighted by Crippen LogP contribution is -2.35. The van der Waals surface area contributed by atoms with Gasteiger partial charge in [0.25, 0.3) is 0 Å². The monoisotopic (exact) mass is 251 g/mol. The summed E-state index contributed by atoms with van der Waals surface area (Å²) < 4.78 is 0. The SMILES string of the molecule is CCCC(C#N)(CCC)C(=O)Nc1nccs1. The van der Waals surface area contributed by atoms with E-state index in [1.165, 1.54) is 11.3 Å². The van der Waals surface area contributed by atoms with Gasteiger partial charge in [-0.3, -0.25) is 4.79 Å². The van der Waals surface area contributed by atoms with Gasteiger partial charge in [0.2, 0.25) is 5.91 Å². The third-order valence-corrected chi connectivity index (χ3v) is 3.34. The van der Waals surface area contributed by atoms with Gasteiger partial charge in [0.15, 0.2) is 5.13 Å². The molecule has 1 amide bonds. The minimum absolute atomic E-state index is 0.223. The van der Waals surface area contributed by atoms with Crippen molar-refractivity contribution in [1.29, 1.82) is 5.26 Å². The van der Waals surface area contributed by atoms with Crippen LogP contribution in [0.5, 0.6) is 0 Å². The molecule has 0 fully saturated rings. The number of aromatic nitrogens is 1. The van der Waals surface area contributed by atoms with Crippen LogP contribution in [-0.4, -0.2) is 10.9 Å². The molecule has 5 heteroatoms. The van der Waals surface area contributed by atoms with Crippen molar-refractivity contribution in [3.8, 4) is 6.07 Å². The lowest BCUT2D eigenvalue weighted by atomic mass is 9.80. The summed E-state index contributed by atoms with van der Waals surface area (Å²) in [5.41, 5.74) is -0.908. The summed E-state index contributed by atoms with van der Waals surface area (Å²) in [6, 6.07) is 2.19. The smallest absolute Gasteiger partial charge is 0.246 e. The third-order valence-electron chi connectivity index (χ3n) is 2.65. The fraction of sp³-hybridized carbons (Fsp3) is 0.583. The first-order valence-corrected chi connectivity index (χ1v) is 6.68. The molecule has 0 unspecified atom stereocenters. The molecule has 0 aliphatic rings. The molecule has 1 aromatic rings. The third kappa shape index (κ3) is 3.27. The van der Waals surface area contributed by atoms with Gasteiger partial charge in [-0.05, 0) is 12.8 Å². The van der Waals surface area contributed by atoms with Gasteiger partial charge in [-0.25, -0.2) is 4.98 Å². The van der Waals surface area contributed by atoms with E-state index < -0.39 is 5.41 Å². The molecule has 0 aliphatic heterocycles. The predicted molar refractivity (Wildman–Crippen MR) is 68.6 cm³/mol. The zero-order valence-electron chi connectivity index (χ0n) is 10.2. The standard InChI is InChI=1S/C12H17N3OS/c1-3-5-12(9-13,6-4-2)10(16)15-11-14-7-8-17-11/h7-8H,3-6H2,1-2H3,(H,14,15,16). The van der Waals surface area contributed by atoms with Gasteiger partial charge in [0.1, 0.15) is 5.41 Å². The number of carbonyl (C=O) groups is 1. The van der Waals surface area contributed by atoms with Crippen LogP contribution in [-0.2, 0) is 4.79 Å². The van der Waals surface area contributed by atoms with Crippen LogP contribution in [0.2, 0.25) is 0 Å².